The highest BCUT2D eigenvalue weighted by molar-refractivity contribution is 7.89. The van der Waals surface area contributed by atoms with Gasteiger partial charge < -0.3 is 10.4 Å². The zero-order valence-electron chi connectivity index (χ0n) is 10.9. The summed E-state index contributed by atoms with van der Waals surface area (Å²) in [5.74, 6) is -1.14. The molecule has 0 saturated heterocycles. The van der Waals surface area contributed by atoms with E-state index in [1.165, 1.54) is 6.07 Å². The summed E-state index contributed by atoms with van der Waals surface area (Å²) >= 11 is 0. The van der Waals surface area contributed by atoms with E-state index in [9.17, 15) is 13.2 Å². The standard InChI is InChI=1S/C12H18N2O4S/c1-3-14-19(17,18)8-7-13-11-9(2)5-4-6-10(11)12(15)16/h4-6,13-14H,3,7-8H2,1-2H3,(H,15,16). The van der Waals surface area contributed by atoms with Gasteiger partial charge in [0.2, 0.25) is 10.0 Å². The summed E-state index contributed by atoms with van der Waals surface area (Å²) in [5.41, 5.74) is 1.36. The Kier molecular flexibility index (Phi) is 5.31. The van der Waals surface area contributed by atoms with Crippen molar-refractivity contribution in [3.05, 3.63) is 29.3 Å². The molecule has 6 nitrogen and oxygen atoms in total. The van der Waals surface area contributed by atoms with Crippen LogP contribution in [0.1, 0.15) is 22.8 Å². The molecule has 0 spiro atoms. The Morgan fingerprint density at radius 3 is 2.63 bits per heavy atom. The molecule has 0 aromatic heterocycles. The van der Waals surface area contributed by atoms with Gasteiger partial charge >= 0.3 is 5.97 Å². The maximum atomic E-state index is 11.5. The van der Waals surface area contributed by atoms with Crippen molar-refractivity contribution in [3.8, 4) is 0 Å². The van der Waals surface area contributed by atoms with Crippen LogP contribution in [0.15, 0.2) is 18.2 Å². The lowest BCUT2D eigenvalue weighted by Gasteiger charge is -2.12. The van der Waals surface area contributed by atoms with E-state index in [1.807, 2.05) is 0 Å². The van der Waals surface area contributed by atoms with Gasteiger partial charge in [-0.2, -0.15) is 0 Å². The molecule has 1 aromatic carbocycles. The van der Waals surface area contributed by atoms with Crippen molar-refractivity contribution in [1.82, 2.24) is 4.72 Å². The van der Waals surface area contributed by atoms with Gasteiger partial charge in [-0.05, 0) is 18.6 Å². The van der Waals surface area contributed by atoms with Crippen molar-refractivity contribution in [2.45, 2.75) is 13.8 Å². The second kappa shape index (κ2) is 6.53. The van der Waals surface area contributed by atoms with E-state index in [0.29, 0.717) is 12.2 Å². The van der Waals surface area contributed by atoms with Gasteiger partial charge in [-0.3, -0.25) is 0 Å². The monoisotopic (exact) mass is 286 g/mol. The van der Waals surface area contributed by atoms with Gasteiger partial charge in [0.05, 0.1) is 17.0 Å². The predicted octanol–water partition coefficient (Wildman–Crippen LogP) is 1.04. The topological polar surface area (TPSA) is 95.5 Å². The molecule has 0 bridgehead atoms. The molecular weight excluding hydrogens is 268 g/mol. The molecule has 0 amide bonds. The average Bonchev–Trinajstić information content (AvgIpc) is 2.30. The molecule has 0 saturated carbocycles. The number of aryl methyl sites for hydroxylation is 1. The molecule has 3 N–H and O–H groups in total. The quantitative estimate of drug-likeness (QED) is 0.696. The van der Waals surface area contributed by atoms with E-state index in [0.717, 1.165) is 5.56 Å². The van der Waals surface area contributed by atoms with Crippen LogP contribution in [0, 0.1) is 6.92 Å². The zero-order chi connectivity index (χ0) is 14.5. The number of carboxylic acid groups (broad SMARTS) is 1. The fourth-order valence-electron chi connectivity index (χ4n) is 1.68. The van der Waals surface area contributed by atoms with E-state index >= 15 is 0 Å². The van der Waals surface area contributed by atoms with Crippen molar-refractivity contribution in [3.63, 3.8) is 0 Å². The van der Waals surface area contributed by atoms with E-state index < -0.39 is 16.0 Å². The summed E-state index contributed by atoms with van der Waals surface area (Å²) in [4.78, 5) is 11.1. The van der Waals surface area contributed by atoms with Crippen molar-refractivity contribution >= 4 is 21.7 Å². The van der Waals surface area contributed by atoms with Crippen LogP contribution >= 0.6 is 0 Å². The van der Waals surface area contributed by atoms with Gasteiger partial charge in [0.1, 0.15) is 0 Å². The Morgan fingerprint density at radius 2 is 2.05 bits per heavy atom. The number of aromatic carboxylic acids is 1. The molecule has 106 valence electrons. The number of benzene rings is 1. The van der Waals surface area contributed by atoms with Crippen molar-refractivity contribution in [2.75, 3.05) is 24.2 Å². The van der Waals surface area contributed by atoms with Crippen LogP contribution in [-0.2, 0) is 10.0 Å². The number of para-hydroxylation sites is 1. The number of rotatable bonds is 7. The van der Waals surface area contributed by atoms with E-state index in [-0.39, 0.29) is 17.9 Å². The van der Waals surface area contributed by atoms with Gasteiger partial charge in [-0.1, -0.05) is 19.1 Å². The normalized spacial score (nSPS) is 11.3. The molecule has 0 aliphatic carbocycles. The lowest BCUT2D eigenvalue weighted by molar-refractivity contribution is 0.0698. The molecular formula is C12H18N2O4S. The Labute approximate surface area is 112 Å². The number of anilines is 1. The van der Waals surface area contributed by atoms with Crippen molar-refractivity contribution < 1.29 is 18.3 Å². The number of nitrogens with one attached hydrogen (secondary N) is 2. The van der Waals surface area contributed by atoms with Crippen LogP contribution in [0.2, 0.25) is 0 Å². The first-order valence-corrected chi connectivity index (χ1v) is 7.56. The third-order valence-electron chi connectivity index (χ3n) is 2.54. The fraction of sp³-hybridized carbons (Fsp3) is 0.417. The smallest absolute Gasteiger partial charge is 0.337 e. The Balaban J connectivity index is 2.76. The molecule has 0 heterocycles. The maximum Gasteiger partial charge on any atom is 0.337 e. The molecule has 0 aliphatic heterocycles. The van der Waals surface area contributed by atoms with E-state index in [1.54, 1.807) is 26.0 Å². The second-order valence-electron chi connectivity index (χ2n) is 4.05. The first-order chi connectivity index (χ1) is 8.87. The Bertz CT molecular complexity index is 555. The SMILES string of the molecule is CCNS(=O)(=O)CCNc1c(C)cccc1C(=O)O. The number of carboxylic acids is 1. The molecule has 7 heteroatoms. The minimum Gasteiger partial charge on any atom is -0.478 e. The summed E-state index contributed by atoms with van der Waals surface area (Å²) in [6.45, 7) is 3.97. The van der Waals surface area contributed by atoms with Crippen molar-refractivity contribution in [2.24, 2.45) is 0 Å². The molecule has 1 rings (SSSR count). The van der Waals surface area contributed by atoms with Gasteiger partial charge in [0, 0.05) is 13.1 Å². The van der Waals surface area contributed by atoms with E-state index in [2.05, 4.69) is 10.0 Å². The minimum atomic E-state index is -3.31. The molecule has 0 unspecified atom stereocenters. The number of hydrogen-bond acceptors (Lipinski definition) is 4. The van der Waals surface area contributed by atoms with Crippen LogP contribution < -0.4 is 10.0 Å². The first-order valence-electron chi connectivity index (χ1n) is 5.91. The highest BCUT2D eigenvalue weighted by atomic mass is 32.2. The lowest BCUT2D eigenvalue weighted by Crippen LogP contribution is -2.29. The lowest BCUT2D eigenvalue weighted by atomic mass is 10.1. The third kappa shape index (κ3) is 4.53. The fourth-order valence-corrected chi connectivity index (χ4v) is 2.64. The van der Waals surface area contributed by atoms with Gasteiger partial charge in [-0.15, -0.1) is 0 Å². The maximum absolute atomic E-state index is 11.5. The van der Waals surface area contributed by atoms with Crippen LogP contribution in [0.5, 0.6) is 0 Å². The molecule has 0 atom stereocenters. The van der Waals surface area contributed by atoms with Crippen LogP contribution in [0.4, 0.5) is 5.69 Å². The van der Waals surface area contributed by atoms with Gasteiger partial charge in [0.15, 0.2) is 0 Å². The average molecular weight is 286 g/mol. The molecule has 19 heavy (non-hydrogen) atoms. The molecule has 0 aliphatic rings. The molecule has 0 fully saturated rings. The number of sulfonamides is 1. The second-order valence-corrected chi connectivity index (χ2v) is 5.97. The first kappa shape index (κ1) is 15.5. The minimum absolute atomic E-state index is 0.103. The number of hydrogen-bond donors (Lipinski definition) is 3. The van der Waals surface area contributed by atoms with Crippen LogP contribution in [-0.4, -0.2) is 38.3 Å². The highest BCUT2D eigenvalue weighted by Gasteiger charge is 2.13. The van der Waals surface area contributed by atoms with Crippen LogP contribution in [0.3, 0.4) is 0 Å². The summed E-state index contributed by atoms with van der Waals surface area (Å²) in [6.07, 6.45) is 0. The highest BCUT2D eigenvalue weighted by Crippen LogP contribution is 2.20. The zero-order valence-corrected chi connectivity index (χ0v) is 11.8. The third-order valence-corrected chi connectivity index (χ3v) is 4.01. The van der Waals surface area contributed by atoms with Crippen molar-refractivity contribution in [1.29, 1.82) is 0 Å². The summed E-state index contributed by atoms with van der Waals surface area (Å²) in [6, 6.07) is 4.91. The Hall–Kier alpha value is -1.60. The molecule has 0 radical (unpaired) electrons. The molecule has 1 aromatic rings. The predicted molar refractivity (Wildman–Crippen MR) is 74.1 cm³/mol. The summed E-state index contributed by atoms with van der Waals surface area (Å²) < 4.78 is 25.3. The Morgan fingerprint density at radius 1 is 1.37 bits per heavy atom. The van der Waals surface area contributed by atoms with Crippen LogP contribution in [0.25, 0.3) is 0 Å². The summed E-state index contributed by atoms with van der Waals surface area (Å²) in [5, 5.41) is 11.9. The van der Waals surface area contributed by atoms with Gasteiger partial charge in [0.25, 0.3) is 0 Å². The van der Waals surface area contributed by atoms with Gasteiger partial charge in [-0.25, -0.2) is 17.9 Å². The largest absolute Gasteiger partial charge is 0.478 e. The summed E-state index contributed by atoms with van der Waals surface area (Å²) in [7, 11) is -3.31. The van der Waals surface area contributed by atoms with E-state index in [4.69, 9.17) is 5.11 Å². The number of carbonyl (C=O) groups is 1.